The Labute approximate surface area is 387 Å². The van der Waals surface area contributed by atoms with Crippen molar-refractivity contribution in [3.05, 3.63) is 0 Å². The minimum absolute atomic E-state index is 0.0875. The van der Waals surface area contributed by atoms with E-state index in [9.17, 15) is 19.8 Å². The molecule has 6 heteroatoms. The summed E-state index contributed by atoms with van der Waals surface area (Å²) in [4.78, 5) is 26.1. The molecule has 0 aliphatic rings. The molecular formula is C56H111NO5. The quantitative estimate of drug-likeness (QED) is 0.0418. The first-order chi connectivity index (χ1) is 30.5. The van der Waals surface area contributed by atoms with E-state index in [-0.39, 0.29) is 24.9 Å². The van der Waals surface area contributed by atoms with E-state index in [1.807, 2.05) is 0 Å². The van der Waals surface area contributed by atoms with E-state index in [1.54, 1.807) is 0 Å². The Bertz CT molecular complexity index is 898. The van der Waals surface area contributed by atoms with E-state index in [0.29, 0.717) is 19.3 Å². The number of unbranched alkanes of at least 4 members (excludes halogenated alkanes) is 40. The van der Waals surface area contributed by atoms with Crippen molar-refractivity contribution in [1.29, 1.82) is 0 Å². The average molecular weight is 879 g/mol. The van der Waals surface area contributed by atoms with Crippen molar-refractivity contribution in [2.24, 2.45) is 0 Å². The summed E-state index contributed by atoms with van der Waals surface area (Å²) in [6.45, 7) is 6.52. The summed E-state index contributed by atoms with van der Waals surface area (Å²) < 4.78 is 5.94. The normalized spacial score (nSPS) is 13.0. The van der Waals surface area contributed by atoms with Crippen LogP contribution in [0.15, 0.2) is 0 Å². The van der Waals surface area contributed by atoms with Gasteiger partial charge in [0.25, 0.3) is 0 Å². The van der Waals surface area contributed by atoms with Crippen molar-refractivity contribution < 1.29 is 24.5 Å². The molecule has 0 spiro atoms. The Morgan fingerprint density at radius 3 is 0.984 bits per heavy atom. The van der Waals surface area contributed by atoms with Crippen molar-refractivity contribution in [3.63, 3.8) is 0 Å². The van der Waals surface area contributed by atoms with Crippen molar-refractivity contribution in [2.75, 3.05) is 6.61 Å². The van der Waals surface area contributed by atoms with Crippen molar-refractivity contribution in [1.82, 2.24) is 5.32 Å². The molecule has 3 N–H and O–H groups in total. The Hall–Kier alpha value is -1.14. The van der Waals surface area contributed by atoms with Gasteiger partial charge in [-0.05, 0) is 25.7 Å². The van der Waals surface area contributed by atoms with E-state index in [0.717, 1.165) is 38.5 Å². The number of amides is 1. The van der Waals surface area contributed by atoms with Crippen LogP contribution in [-0.4, -0.2) is 46.9 Å². The first-order valence-electron chi connectivity index (χ1n) is 28.3. The highest BCUT2D eigenvalue weighted by Crippen LogP contribution is 2.19. The molecule has 0 aromatic heterocycles. The highest BCUT2D eigenvalue weighted by atomic mass is 16.5. The lowest BCUT2D eigenvalue weighted by Crippen LogP contribution is -2.46. The Kier molecular flexibility index (Phi) is 49.9. The third-order valence-electron chi connectivity index (χ3n) is 13.4. The molecule has 0 saturated heterocycles. The van der Waals surface area contributed by atoms with Gasteiger partial charge in [-0.1, -0.05) is 284 Å². The van der Waals surface area contributed by atoms with Crippen LogP contribution in [0.4, 0.5) is 0 Å². The van der Waals surface area contributed by atoms with Gasteiger partial charge in [0.05, 0.1) is 25.2 Å². The smallest absolute Gasteiger partial charge is 0.306 e. The highest BCUT2D eigenvalue weighted by molar-refractivity contribution is 5.77. The topological polar surface area (TPSA) is 95.9 Å². The number of ether oxygens (including phenoxy) is 1. The fourth-order valence-corrected chi connectivity index (χ4v) is 9.14. The van der Waals surface area contributed by atoms with E-state index in [2.05, 4.69) is 26.1 Å². The van der Waals surface area contributed by atoms with Crippen molar-refractivity contribution >= 4 is 11.9 Å². The minimum atomic E-state index is -0.779. The molecule has 0 heterocycles. The minimum Gasteiger partial charge on any atom is -0.462 e. The van der Waals surface area contributed by atoms with Crippen LogP contribution < -0.4 is 5.32 Å². The zero-order valence-corrected chi connectivity index (χ0v) is 42.3. The van der Waals surface area contributed by atoms with E-state index in [1.165, 1.54) is 238 Å². The van der Waals surface area contributed by atoms with Gasteiger partial charge in [-0.3, -0.25) is 9.59 Å². The second-order valence-electron chi connectivity index (χ2n) is 19.7. The Balaban J connectivity index is 4.33. The third kappa shape index (κ3) is 45.4. The molecule has 0 aromatic carbocycles. The van der Waals surface area contributed by atoms with Crippen LogP contribution in [0.5, 0.6) is 0 Å². The lowest BCUT2D eigenvalue weighted by molar-refractivity contribution is -0.151. The zero-order chi connectivity index (χ0) is 45.2. The maximum atomic E-state index is 13.2. The summed E-state index contributed by atoms with van der Waals surface area (Å²) in [6, 6.07) is -0.692. The maximum Gasteiger partial charge on any atom is 0.306 e. The van der Waals surface area contributed by atoms with Gasteiger partial charge in [0.1, 0.15) is 6.10 Å². The largest absolute Gasteiger partial charge is 0.462 e. The first kappa shape index (κ1) is 60.9. The summed E-state index contributed by atoms with van der Waals surface area (Å²) in [5.41, 5.74) is 0. The summed E-state index contributed by atoms with van der Waals surface area (Å²) in [6.07, 6.45) is 56.0. The van der Waals surface area contributed by atoms with Crippen molar-refractivity contribution in [3.8, 4) is 0 Å². The molecule has 6 nitrogen and oxygen atoms in total. The number of nitrogens with one attached hydrogen (secondary N) is 1. The van der Waals surface area contributed by atoms with Crippen LogP contribution in [-0.2, 0) is 14.3 Å². The van der Waals surface area contributed by atoms with Gasteiger partial charge in [-0.15, -0.1) is 0 Å². The lowest BCUT2D eigenvalue weighted by Gasteiger charge is -2.24. The third-order valence-corrected chi connectivity index (χ3v) is 13.4. The van der Waals surface area contributed by atoms with E-state index < -0.39 is 18.2 Å². The molecule has 0 radical (unpaired) electrons. The highest BCUT2D eigenvalue weighted by Gasteiger charge is 2.24. The summed E-state index contributed by atoms with van der Waals surface area (Å²) in [7, 11) is 0. The van der Waals surface area contributed by atoms with Gasteiger partial charge < -0.3 is 20.3 Å². The molecule has 0 saturated carbocycles. The van der Waals surface area contributed by atoms with E-state index >= 15 is 0 Å². The second kappa shape index (κ2) is 50.9. The number of carbonyl (C=O) groups is 2. The number of aliphatic hydroxyl groups excluding tert-OH is 2. The number of esters is 1. The van der Waals surface area contributed by atoms with Crippen LogP contribution in [0.1, 0.15) is 323 Å². The SMILES string of the molecule is CCCCCCCCCCCCCCCCCCCC(=O)OC(CCCCCCCCCCC)CC(=O)NC(CO)C(O)CCCCCCCCCCCCCCCCCCC. The molecule has 1 amide bonds. The molecule has 0 aromatic rings. The molecule has 370 valence electrons. The number of hydrogen-bond acceptors (Lipinski definition) is 5. The fraction of sp³-hybridized carbons (Fsp3) is 0.964. The van der Waals surface area contributed by atoms with Gasteiger partial charge in [0.15, 0.2) is 0 Å². The van der Waals surface area contributed by atoms with Crippen LogP contribution in [0.3, 0.4) is 0 Å². The van der Waals surface area contributed by atoms with Gasteiger partial charge in [-0.25, -0.2) is 0 Å². The van der Waals surface area contributed by atoms with Gasteiger partial charge in [0, 0.05) is 6.42 Å². The standard InChI is InChI=1S/C56H111NO5/c1-4-7-10-13-16-19-21-23-25-27-29-31-33-36-39-42-45-48-54(59)53(51-58)57-55(60)50-52(47-44-41-38-35-18-15-12-9-6-3)62-56(61)49-46-43-40-37-34-32-30-28-26-24-22-20-17-14-11-8-5-2/h52-54,58-59H,4-51H2,1-3H3,(H,57,60). The van der Waals surface area contributed by atoms with E-state index in [4.69, 9.17) is 4.74 Å². The van der Waals surface area contributed by atoms with Gasteiger partial charge in [-0.2, -0.15) is 0 Å². The molecule has 0 aliphatic carbocycles. The fourth-order valence-electron chi connectivity index (χ4n) is 9.14. The molecule has 3 atom stereocenters. The number of rotatable bonds is 52. The lowest BCUT2D eigenvalue weighted by atomic mass is 10.0. The number of aliphatic hydroxyl groups is 2. The molecule has 62 heavy (non-hydrogen) atoms. The van der Waals surface area contributed by atoms with Crippen LogP contribution in [0.25, 0.3) is 0 Å². The van der Waals surface area contributed by atoms with Crippen LogP contribution in [0.2, 0.25) is 0 Å². The Morgan fingerprint density at radius 2 is 0.677 bits per heavy atom. The summed E-state index contributed by atoms with van der Waals surface area (Å²) >= 11 is 0. The van der Waals surface area contributed by atoms with Crippen LogP contribution in [0, 0.1) is 0 Å². The summed E-state index contributed by atoms with van der Waals surface area (Å²) in [5.74, 6) is -0.450. The molecule has 3 unspecified atom stereocenters. The average Bonchev–Trinajstić information content (AvgIpc) is 3.26. The zero-order valence-electron chi connectivity index (χ0n) is 42.3. The molecule has 0 aliphatic heterocycles. The molecular weight excluding hydrogens is 767 g/mol. The van der Waals surface area contributed by atoms with Crippen molar-refractivity contribution in [2.45, 2.75) is 341 Å². The predicted octanol–water partition coefficient (Wildman–Crippen LogP) is 17.1. The molecule has 0 fully saturated rings. The number of carbonyl (C=O) groups excluding carboxylic acids is 2. The van der Waals surface area contributed by atoms with Gasteiger partial charge >= 0.3 is 5.97 Å². The second-order valence-corrected chi connectivity index (χ2v) is 19.7. The number of hydrogen-bond donors (Lipinski definition) is 3. The molecule has 0 bridgehead atoms. The van der Waals surface area contributed by atoms with Crippen LogP contribution >= 0.6 is 0 Å². The first-order valence-corrected chi connectivity index (χ1v) is 28.3. The summed E-state index contributed by atoms with van der Waals surface area (Å²) in [5, 5.41) is 23.8. The Morgan fingerprint density at radius 1 is 0.403 bits per heavy atom. The molecule has 0 rings (SSSR count). The van der Waals surface area contributed by atoms with Gasteiger partial charge in [0.2, 0.25) is 5.91 Å². The maximum absolute atomic E-state index is 13.2. The predicted molar refractivity (Wildman–Crippen MR) is 269 cm³/mol. The monoisotopic (exact) mass is 878 g/mol.